The number of hydrogen-bond acceptors (Lipinski definition) is 6. The van der Waals surface area contributed by atoms with E-state index in [0.717, 1.165) is 60.0 Å². The first-order valence-corrected chi connectivity index (χ1v) is 9.74. The number of carbonyl (C=O) groups excluding carboxylic acids is 1. The van der Waals surface area contributed by atoms with E-state index in [2.05, 4.69) is 20.2 Å². The largest absolute Gasteiger partial charge is 0.465 e. The Kier molecular flexibility index (Phi) is 4.83. The molecule has 1 amide bonds. The van der Waals surface area contributed by atoms with E-state index in [9.17, 15) is 4.79 Å². The molecule has 0 spiro atoms. The van der Waals surface area contributed by atoms with E-state index in [4.69, 9.17) is 8.83 Å². The molecule has 28 heavy (non-hydrogen) atoms. The van der Waals surface area contributed by atoms with E-state index in [1.807, 2.05) is 39.8 Å². The number of piperidine rings is 1. The van der Waals surface area contributed by atoms with E-state index < -0.39 is 0 Å². The Morgan fingerprint density at radius 3 is 2.57 bits per heavy atom. The van der Waals surface area contributed by atoms with Crippen molar-refractivity contribution in [1.82, 2.24) is 15.3 Å². The van der Waals surface area contributed by atoms with Crippen molar-refractivity contribution >= 4 is 22.8 Å². The first-order chi connectivity index (χ1) is 13.4. The zero-order valence-electron chi connectivity index (χ0n) is 16.8. The average molecular weight is 382 g/mol. The second-order valence-corrected chi connectivity index (χ2v) is 7.55. The van der Waals surface area contributed by atoms with Crippen LogP contribution in [0.2, 0.25) is 0 Å². The number of aromatic nitrogens is 2. The molecule has 0 aromatic carbocycles. The van der Waals surface area contributed by atoms with Gasteiger partial charge >= 0.3 is 0 Å². The summed E-state index contributed by atoms with van der Waals surface area (Å²) in [5.41, 5.74) is 1.73. The maximum absolute atomic E-state index is 12.5. The maximum Gasteiger partial charge on any atom is 0.231 e. The summed E-state index contributed by atoms with van der Waals surface area (Å²) in [7, 11) is 0. The Labute approximate surface area is 164 Å². The molecule has 0 atom stereocenters. The maximum atomic E-state index is 12.5. The number of amides is 1. The van der Waals surface area contributed by atoms with Gasteiger partial charge in [-0.2, -0.15) is 4.98 Å². The van der Waals surface area contributed by atoms with Gasteiger partial charge in [0.25, 0.3) is 0 Å². The SMILES string of the molecule is Cc1nc(N2CCC(C(=O)NCc3ccc(C)o3)CC2)c2c(C)c(C)oc2n1. The summed E-state index contributed by atoms with van der Waals surface area (Å²) in [6.45, 7) is 9.78. The van der Waals surface area contributed by atoms with Crippen LogP contribution in [-0.2, 0) is 11.3 Å². The molecule has 148 valence electrons. The summed E-state index contributed by atoms with van der Waals surface area (Å²) in [6.07, 6.45) is 1.59. The van der Waals surface area contributed by atoms with Gasteiger partial charge in [-0.1, -0.05) is 0 Å². The number of hydrogen-bond donors (Lipinski definition) is 1. The van der Waals surface area contributed by atoms with Crippen LogP contribution < -0.4 is 10.2 Å². The summed E-state index contributed by atoms with van der Waals surface area (Å²) in [5.74, 6) is 4.23. The van der Waals surface area contributed by atoms with E-state index >= 15 is 0 Å². The van der Waals surface area contributed by atoms with Crippen LogP contribution in [0.5, 0.6) is 0 Å². The van der Waals surface area contributed by atoms with Crippen molar-refractivity contribution in [1.29, 1.82) is 0 Å². The summed E-state index contributed by atoms with van der Waals surface area (Å²) >= 11 is 0. The molecule has 1 aliphatic heterocycles. The van der Waals surface area contributed by atoms with Crippen molar-refractivity contribution in [2.75, 3.05) is 18.0 Å². The standard InChI is InChI=1S/C21H26N4O3/c1-12-5-6-17(27-12)11-22-20(26)16-7-9-25(10-8-16)19-18-13(2)14(3)28-21(18)24-15(4)23-19/h5-6,16H,7-11H2,1-4H3,(H,22,26). The van der Waals surface area contributed by atoms with Gasteiger partial charge in [-0.05, 0) is 52.7 Å². The van der Waals surface area contributed by atoms with Crippen LogP contribution in [0.15, 0.2) is 21.0 Å². The number of carbonyl (C=O) groups is 1. The minimum absolute atomic E-state index is 0.0120. The van der Waals surface area contributed by atoms with Crippen molar-refractivity contribution in [3.8, 4) is 0 Å². The molecular weight excluding hydrogens is 356 g/mol. The predicted octanol–water partition coefficient (Wildman–Crippen LogP) is 3.58. The second-order valence-electron chi connectivity index (χ2n) is 7.55. The highest BCUT2D eigenvalue weighted by Gasteiger charge is 2.28. The van der Waals surface area contributed by atoms with Crippen molar-refractivity contribution < 1.29 is 13.6 Å². The molecule has 0 aliphatic carbocycles. The van der Waals surface area contributed by atoms with Gasteiger partial charge in [0.2, 0.25) is 11.6 Å². The quantitative estimate of drug-likeness (QED) is 0.742. The second kappa shape index (κ2) is 7.30. The molecule has 1 saturated heterocycles. The Morgan fingerprint density at radius 1 is 1.14 bits per heavy atom. The van der Waals surface area contributed by atoms with Gasteiger partial charge in [-0.25, -0.2) is 4.98 Å². The van der Waals surface area contributed by atoms with E-state index in [-0.39, 0.29) is 11.8 Å². The molecule has 1 aliphatic rings. The molecule has 3 aromatic rings. The topological polar surface area (TPSA) is 84.4 Å². The minimum atomic E-state index is 0.0120. The molecule has 3 aromatic heterocycles. The fourth-order valence-electron chi connectivity index (χ4n) is 3.81. The third-order valence-electron chi connectivity index (χ3n) is 5.52. The van der Waals surface area contributed by atoms with Crippen LogP contribution >= 0.6 is 0 Å². The molecular formula is C21H26N4O3. The molecule has 4 rings (SSSR count). The van der Waals surface area contributed by atoms with Gasteiger partial charge in [0.15, 0.2) is 0 Å². The third kappa shape index (κ3) is 3.48. The van der Waals surface area contributed by atoms with Crippen molar-refractivity contribution in [2.45, 2.75) is 47.1 Å². The number of nitrogens with zero attached hydrogens (tertiary/aromatic N) is 3. The fourth-order valence-corrected chi connectivity index (χ4v) is 3.81. The Bertz CT molecular complexity index is 1010. The van der Waals surface area contributed by atoms with Gasteiger partial charge in [0.1, 0.15) is 28.9 Å². The lowest BCUT2D eigenvalue weighted by molar-refractivity contribution is -0.125. The van der Waals surface area contributed by atoms with Crippen LogP contribution in [0.1, 0.15) is 41.5 Å². The lowest BCUT2D eigenvalue weighted by Crippen LogP contribution is -2.40. The van der Waals surface area contributed by atoms with E-state index in [0.29, 0.717) is 18.1 Å². The average Bonchev–Trinajstić information content (AvgIpc) is 3.22. The normalized spacial score (nSPS) is 15.4. The van der Waals surface area contributed by atoms with E-state index in [1.54, 1.807) is 0 Å². The number of aryl methyl sites for hydroxylation is 4. The van der Waals surface area contributed by atoms with Gasteiger partial charge in [0.05, 0.1) is 11.9 Å². The number of fused-ring (bicyclic) bond motifs is 1. The highest BCUT2D eigenvalue weighted by Crippen LogP contribution is 2.33. The van der Waals surface area contributed by atoms with Crippen LogP contribution in [0.3, 0.4) is 0 Å². The molecule has 7 nitrogen and oxygen atoms in total. The highest BCUT2D eigenvalue weighted by atomic mass is 16.3. The Hall–Kier alpha value is -2.83. The smallest absolute Gasteiger partial charge is 0.231 e. The van der Waals surface area contributed by atoms with Crippen LogP contribution in [0, 0.1) is 33.6 Å². The first kappa shape index (κ1) is 18.5. The summed E-state index contributed by atoms with van der Waals surface area (Å²) in [6, 6.07) is 3.81. The predicted molar refractivity (Wildman–Crippen MR) is 106 cm³/mol. The summed E-state index contributed by atoms with van der Waals surface area (Å²) < 4.78 is 11.3. The van der Waals surface area contributed by atoms with Crippen LogP contribution in [0.4, 0.5) is 5.82 Å². The number of nitrogens with one attached hydrogen (secondary N) is 1. The zero-order chi connectivity index (χ0) is 19.8. The number of rotatable bonds is 4. The molecule has 4 heterocycles. The number of furan rings is 2. The van der Waals surface area contributed by atoms with Crippen molar-refractivity contribution in [3.63, 3.8) is 0 Å². The van der Waals surface area contributed by atoms with Crippen molar-refractivity contribution in [3.05, 3.63) is 40.8 Å². The highest BCUT2D eigenvalue weighted by molar-refractivity contribution is 5.90. The van der Waals surface area contributed by atoms with Crippen LogP contribution in [-0.4, -0.2) is 29.0 Å². The molecule has 0 unspecified atom stereocenters. The molecule has 1 N–H and O–H groups in total. The van der Waals surface area contributed by atoms with Gasteiger partial charge in [-0.3, -0.25) is 4.79 Å². The van der Waals surface area contributed by atoms with Gasteiger partial charge < -0.3 is 19.1 Å². The van der Waals surface area contributed by atoms with Crippen LogP contribution in [0.25, 0.3) is 11.1 Å². The molecule has 0 radical (unpaired) electrons. The third-order valence-corrected chi connectivity index (χ3v) is 5.52. The molecule has 0 saturated carbocycles. The lowest BCUT2D eigenvalue weighted by Gasteiger charge is -2.32. The Balaban J connectivity index is 1.43. The molecule has 0 bridgehead atoms. The fraction of sp³-hybridized carbons (Fsp3) is 0.476. The monoisotopic (exact) mass is 382 g/mol. The lowest BCUT2D eigenvalue weighted by atomic mass is 9.95. The number of anilines is 1. The minimum Gasteiger partial charge on any atom is -0.465 e. The summed E-state index contributed by atoms with van der Waals surface area (Å²) in [4.78, 5) is 23.9. The van der Waals surface area contributed by atoms with Gasteiger partial charge in [0, 0.05) is 24.6 Å². The molecule has 1 fully saturated rings. The summed E-state index contributed by atoms with van der Waals surface area (Å²) in [5, 5.41) is 3.98. The first-order valence-electron chi connectivity index (χ1n) is 9.74. The zero-order valence-corrected chi connectivity index (χ0v) is 16.8. The van der Waals surface area contributed by atoms with E-state index in [1.165, 1.54) is 0 Å². The molecule has 7 heteroatoms. The Morgan fingerprint density at radius 2 is 1.89 bits per heavy atom. The van der Waals surface area contributed by atoms with Gasteiger partial charge in [-0.15, -0.1) is 0 Å². The van der Waals surface area contributed by atoms with Crippen molar-refractivity contribution in [2.24, 2.45) is 5.92 Å².